The number of alkyl halides is 3. The van der Waals surface area contributed by atoms with Crippen molar-refractivity contribution >= 4 is 11.0 Å². The molecule has 1 aliphatic heterocycles. The van der Waals surface area contributed by atoms with E-state index in [2.05, 4.69) is 41.3 Å². The molecule has 1 atom stereocenters. The van der Waals surface area contributed by atoms with Crippen molar-refractivity contribution in [3.8, 4) is 23.2 Å². The fourth-order valence-corrected chi connectivity index (χ4v) is 6.26. The molecule has 0 unspecified atom stereocenters. The van der Waals surface area contributed by atoms with E-state index >= 15 is 0 Å². The predicted molar refractivity (Wildman–Crippen MR) is 154 cm³/mol. The molecule has 4 aromatic heterocycles. The second-order valence-electron chi connectivity index (χ2n) is 11.8. The maximum Gasteiger partial charge on any atom is 0.433 e. The van der Waals surface area contributed by atoms with E-state index < -0.39 is 23.5 Å². The van der Waals surface area contributed by atoms with Crippen LogP contribution >= 0.6 is 0 Å². The number of likely N-dealkylation sites (tertiary alicyclic amines) is 1. The molecule has 5 heterocycles. The van der Waals surface area contributed by atoms with Gasteiger partial charge < -0.3 is 20.1 Å². The third-order valence-electron chi connectivity index (χ3n) is 8.54. The molecule has 1 saturated carbocycles. The summed E-state index contributed by atoms with van der Waals surface area (Å²) in [7, 11) is 0. The molecule has 2 fully saturated rings. The number of aliphatic hydroxyl groups is 1. The van der Waals surface area contributed by atoms with Crippen LogP contribution in [0.5, 0.6) is 5.88 Å². The minimum absolute atomic E-state index is 0.0427. The third-order valence-corrected chi connectivity index (χ3v) is 8.54. The first kappa shape index (κ1) is 30.0. The highest BCUT2D eigenvalue weighted by molar-refractivity contribution is 5.90. The number of hydrogen-bond acceptors (Lipinski definition) is 9. The number of pyridine rings is 1. The topological polar surface area (TPSA) is 141 Å². The first-order valence-electron chi connectivity index (χ1n) is 14.7. The number of aromatic nitrogens is 6. The summed E-state index contributed by atoms with van der Waals surface area (Å²) in [6.07, 6.45) is 4.80. The van der Waals surface area contributed by atoms with Gasteiger partial charge in [0.15, 0.2) is 0 Å². The molecule has 44 heavy (non-hydrogen) atoms. The Bertz CT molecular complexity index is 1630. The van der Waals surface area contributed by atoms with Gasteiger partial charge in [0.05, 0.1) is 36.0 Å². The standard InChI is InChI=1S/C30H34F3N9O2/c1-19(43)14-35-15-20-10-25(30(31,32)33)40-26(11-20)44-23-3-8-41(9-4-23)22-12-29(13-22,5-6-34)42-17-21(16-39-42)27-24-2-7-36-28(24)38-18-37-27/h2,7,10-11,16-19,22-23,35,43H,3-5,8-9,12-15H2,1H3,(H,36,37,38)/t19-,22-,29+/m0/s1. The van der Waals surface area contributed by atoms with E-state index in [4.69, 9.17) is 4.74 Å². The van der Waals surface area contributed by atoms with Gasteiger partial charge in [-0.15, -0.1) is 0 Å². The van der Waals surface area contributed by atoms with Gasteiger partial charge in [0, 0.05) is 61.6 Å². The van der Waals surface area contributed by atoms with E-state index in [1.54, 1.807) is 13.1 Å². The maximum absolute atomic E-state index is 13.5. The van der Waals surface area contributed by atoms with Gasteiger partial charge in [-0.25, -0.2) is 15.0 Å². The van der Waals surface area contributed by atoms with Gasteiger partial charge in [-0.05, 0) is 50.3 Å². The normalized spacial score (nSPS) is 22.0. The summed E-state index contributed by atoms with van der Waals surface area (Å²) in [6, 6.07) is 7.08. The lowest BCUT2D eigenvalue weighted by atomic mass is 9.69. The summed E-state index contributed by atoms with van der Waals surface area (Å²) in [5.74, 6) is -0.0427. The van der Waals surface area contributed by atoms with Gasteiger partial charge in [-0.2, -0.15) is 23.5 Å². The minimum atomic E-state index is -4.60. The summed E-state index contributed by atoms with van der Waals surface area (Å²) in [4.78, 5) is 17.9. The van der Waals surface area contributed by atoms with Gasteiger partial charge in [0.25, 0.3) is 0 Å². The van der Waals surface area contributed by atoms with E-state index in [-0.39, 0.29) is 31.1 Å². The third kappa shape index (κ3) is 6.26. The SMILES string of the molecule is C[C@H](O)CNCc1cc(OC2CCN([C@H]3C[C@@](CC#N)(n4cc(-c5ncnc6[nH]ccc56)cn4)C3)CC2)nc(C(F)(F)F)c1. The summed E-state index contributed by atoms with van der Waals surface area (Å²) in [6.45, 7) is 3.48. The van der Waals surface area contributed by atoms with Crippen LogP contribution in [0.25, 0.3) is 22.3 Å². The van der Waals surface area contributed by atoms with Crippen LogP contribution in [0.15, 0.2) is 43.1 Å². The molecule has 0 aromatic carbocycles. The number of aliphatic hydroxyl groups excluding tert-OH is 1. The number of rotatable bonds is 10. The average Bonchev–Trinajstić information content (AvgIpc) is 3.65. The lowest BCUT2D eigenvalue weighted by Gasteiger charge is -2.52. The number of aromatic amines is 1. The quantitative estimate of drug-likeness (QED) is 0.243. The smallest absolute Gasteiger partial charge is 0.433 e. The molecule has 3 N–H and O–H groups in total. The number of piperidine rings is 1. The number of H-pyrrole nitrogens is 1. The molecule has 6 rings (SSSR count). The number of nitrogens with one attached hydrogen (secondary N) is 2. The first-order valence-corrected chi connectivity index (χ1v) is 14.7. The van der Waals surface area contributed by atoms with E-state index in [1.807, 2.05) is 23.1 Å². The number of nitriles is 1. The Morgan fingerprint density at radius 2 is 2.05 bits per heavy atom. The zero-order chi connectivity index (χ0) is 30.9. The Balaban J connectivity index is 1.07. The molecule has 11 nitrogen and oxygen atoms in total. The van der Waals surface area contributed by atoms with E-state index in [0.29, 0.717) is 24.8 Å². The molecule has 0 spiro atoms. The van der Waals surface area contributed by atoms with Gasteiger partial charge in [-0.3, -0.25) is 9.58 Å². The second kappa shape index (κ2) is 12.1. The number of hydrogen-bond donors (Lipinski definition) is 3. The molecule has 0 bridgehead atoms. The highest BCUT2D eigenvalue weighted by Crippen LogP contribution is 2.45. The highest BCUT2D eigenvalue weighted by Gasteiger charge is 2.49. The predicted octanol–water partition coefficient (Wildman–Crippen LogP) is 4.02. The van der Waals surface area contributed by atoms with Crippen LogP contribution in [0, 0.1) is 11.3 Å². The second-order valence-corrected chi connectivity index (χ2v) is 11.8. The number of nitrogens with zero attached hydrogens (tertiary/aromatic N) is 7. The van der Waals surface area contributed by atoms with Crippen molar-refractivity contribution < 1.29 is 23.0 Å². The van der Waals surface area contributed by atoms with E-state index in [9.17, 15) is 23.5 Å². The molecule has 0 radical (unpaired) electrons. The van der Waals surface area contributed by atoms with Crippen LogP contribution in [-0.4, -0.2) is 77.6 Å². The Hall–Kier alpha value is -4.06. The Morgan fingerprint density at radius 3 is 2.77 bits per heavy atom. The maximum atomic E-state index is 13.5. The molecule has 2 aliphatic rings. The first-order chi connectivity index (χ1) is 21.1. The van der Waals surface area contributed by atoms with Crippen LogP contribution in [0.4, 0.5) is 13.2 Å². The molecular formula is C30H34F3N9O2. The zero-order valence-electron chi connectivity index (χ0n) is 24.3. The molecular weight excluding hydrogens is 575 g/mol. The average molecular weight is 610 g/mol. The van der Waals surface area contributed by atoms with Crippen molar-refractivity contribution in [3.63, 3.8) is 0 Å². The fourth-order valence-electron chi connectivity index (χ4n) is 6.26. The van der Waals surface area contributed by atoms with Gasteiger partial charge in [0.1, 0.15) is 23.8 Å². The molecule has 0 amide bonds. The lowest BCUT2D eigenvalue weighted by Crippen LogP contribution is -2.58. The van der Waals surface area contributed by atoms with Crippen LogP contribution < -0.4 is 10.1 Å². The van der Waals surface area contributed by atoms with Gasteiger partial charge in [-0.1, -0.05) is 0 Å². The molecule has 14 heteroatoms. The van der Waals surface area contributed by atoms with Crippen molar-refractivity contribution in [2.45, 2.75) is 75.5 Å². The van der Waals surface area contributed by atoms with E-state index in [0.717, 1.165) is 54.3 Å². The van der Waals surface area contributed by atoms with Crippen molar-refractivity contribution in [1.29, 1.82) is 5.26 Å². The van der Waals surface area contributed by atoms with Crippen molar-refractivity contribution in [3.05, 3.63) is 54.4 Å². The summed E-state index contributed by atoms with van der Waals surface area (Å²) in [5.41, 5.74) is 1.38. The number of halogens is 3. The molecule has 1 saturated heterocycles. The molecule has 4 aromatic rings. The molecule has 232 valence electrons. The fraction of sp³-hybridized carbons (Fsp3) is 0.500. The van der Waals surface area contributed by atoms with Crippen LogP contribution in [0.3, 0.4) is 0 Å². The van der Waals surface area contributed by atoms with Crippen molar-refractivity contribution in [1.82, 2.24) is 39.9 Å². The lowest BCUT2D eigenvalue weighted by molar-refractivity contribution is -0.141. The van der Waals surface area contributed by atoms with Crippen LogP contribution in [-0.2, 0) is 18.3 Å². The van der Waals surface area contributed by atoms with Crippen LogP contribution in [0.1, 0.15) is 50.3 Å². The summed E-state index contributed by atoms with van der Waals surface area (Å²) in [5, 5.41) is 27.6. The van der Waals surface area contributed by atoms with Crippen LogP contribution in [0.2, 0.25) is 0 Å². The number of fused-ring (bicyclic) bond motifs is 1. The highest BCUT2D eigenvalue weighted by atomic mass is 19.4. The monoisotopic (exact) mass is 609 g/mol. The Labute approximate surface area is 252 Å². The summed E-state index contributed by atoms with van der Waals surface area (Å²) < 4.78 is 48.4. The Morgan fingerprint density at radius 1 is 1.25 bits per heavy atom. The van der Waals surface area contributed by atoms with Crippen molar-refractivity contribution in [2.75, 3.05) is 19.6 Å². The summed E-state index contributed by atoms with van der Waals surface area (Å²) >= 11 is 0. The minimum Gasteiger partial charge on any atom is -0.474 e. The molecule has 1 aliphatic carbocycles. The largest absolute Gasteiger partial charge is 0.474 e. The Kier molecular flexibility index (Phi) is 8.28. The van der Waals surface area contributed by atoms with Gasteiger partial charge >= 0.3 is 6.18 Å². The zero-order valence-corrected chi connectivity index (χ0v) is 24.3. The van der Waals surface area contributed by atoms with Gasteiger partial charge in [0.2, 0.25) is 5.88 Å². The number of ether oxygens (including phenoxy) is 1. The van der Waals surface area contributed by atoms with Crippen molar-refractivity contribution in [2.24, 2.45) is 0 Å². The van der Waals surface area contributed by atoms with E-state index in [1.165, 1.54) is 12.4 Å².